The van der Waals surface area contributed by atoms with Gasteiger partial charge in [-0.25, -0.2) is 8.42 Å². The Labute approximate surface area is 155 Å². The predicted molar refractivity (Wildman–Crippen MR) is 98.4 cm³/mol. The quantitative estimate of drug-likeness (QED) is 0.781. The SMILES string of the molecule is Cc1ccc(S(=O)(=O)N2CCCC2C(=O)NCCN2CCOCC2)cc1. The molecule has 0 radical (unpaired) electrons. The van der Waals surface area contributed by atoms with E-state index in [2.05, 4.69) is 10.2 Å². The van der Waals surface area contributed by atoms with Crippen LogP contribution in [-0.4, -0.2) is 75.5 Å². The molecule has 2 aliphatic heterocycles. The predicted octanol–water partition coefficient (Wildman–Crippen LogP) is 0.597. The van der Waals surface area contributed by atoms with Crippen molar-refractivity contribution in [1.82, 2.24) is 14.5 Å². The lowest BCUT2D eigenvalue weighted by atomic mass is 10.2. The first-order valence-corrected chi connectivity index (χ1v) is 10.6. The van der Waals surface area contributed by atoms with Crippen LogP contribution in [0.1, 0.15) is 18.4 Å². The van der Waals surface area contributed by atoms with Gasteiger partial charge in [-0.2, -0.15) is 4.31 Å². The minimum Gasteiger partial charge on any atom is -0.379 e. The number of nitrogens with zero attached hydrogens (tertiary/aromatic N) is 2. The van der Waals surface area contributed by atoms with Crippen molar-refractivity contribution in [1.29, 1.82) is 0 Å². The molecule has 7 nitrogen and oxygen atoms in total. The number of sulfonamides is 1. The second-order valence-electron chi connectivity index (χ2n) is 6.83. The van der Waals surface area contributed by atoms with Crippen LogP contribution in [0.4, 0.5) is 0 Å². The summed E-state index contributed by atoms with van der Waals surface area (Å²) in [6.07, 6.45) is 1.27. The molecule has 1 unspecified atom stereocenters. The lowest BCUT2D eigenvalue weighted by Gasteiger charge is -2.27. The third-order valence-corrected chi connectivity index (χ3v) is 6.89. The van der Waals surface area contributed by atoms with Crippen molar-refractivity contribution < 1.29 is 17.9 Å². The fourth-order valence-corrected chi connectivity index (χ4v) is 5.07. The van der Waals surface area contributed by atoms with Crippen LogP contribution in [0.2, 0.25) is 0 Å². The zero-order valence-electron chi connectivity index (χ0n) is 15.2. The van der Waals surface area contributed by atoms with E-state index in [1.165, 1.54) is 4.31 Å². The van der Waals surface area contributed by atoms with Gasteiger partial charge in [-0.05, 0) is 31.9 Å². The third kappa shape index (κ3) is 4.43. The average molecular weight is 381 g/mol. The summed E-state index contributed by atoms with van der Waals surface area (Å²) in [5.74, 6) is -0.202. The molecular weight excluding hydrogens is 354 g/mol. The van der Waals surface area contributed by atoms with Crippen LogP contribution in [0.25, 0.3) is 0 Å². The monoisotopic (exact) mass is 381 g/mol. The molecule has 2 aliphatic rings. The summed E-state index contributed by atoms with van der Waals surface area (Å²) in [6, 6.07) is 6.15. The summed E-state index contributed by atoms with van der Waals surface area (Å²) in [5, 5.41) is 2.91. The van der Waals surface area contributed by atoms with E-state index in [1.807, 2.05) is 6.92 Å². The van der Waals surface area contributed by atoms with Crippen LogP contribution < -0.4 is 5.32 Å². The van der Waals surface area contributed by atoms with Crippen molar-refractivity contribution in [2.75, 3.05) is 45.9 Å². The first kappa shape index (κ1) is 19.3. The van der Waals surface area contributed by atoms with E-state index < -0.39 is 16.1 Å². The van der Waals surface area contributed by atoms with E-state index in [-0.39, 0.29) is 10.8 Å². The zero-order valence-corrected chi connectivity index (χ0v) is 16.0. The number of carbonyl (C=O) groups excluding carboxylic acids is 1. The highest BCUT2D eigenvalue weighted by Gasteiger charge is 2.39. The van der Waals surface area contributed by atoms with Gasteiger partial charge >= 0.3 is 0 Å². The molecule has 26 heavy (non-hydrogen) atoms. The Kier molecular flexibility index (Phi) is 6.29. The van der Waals surface area contributed by atoms with E-state index in [1.54, 1.807) is 24.3 Å². The third-order valence-electron chi connectivity index (χ3n) is 4.96. The highest BCUT2D eigenvalue weighted by Crippen LogP contribution is 2.26. The molecule has 144 valence electrons. The summed E-state index contributed by atoms with van der Waals surface area (Å²) in [5.41, 5.74) is 1.00. The molecule has 2 heterocycles. The number of morpholine rings is 1. The van der Waals surface area contributed by atoms with Gasteiger partial charge in [0.15, 0.2) is 0 Å². The Morgan fingerprint density at radius 2 is 1.88 bits per heavy atom. The van der Waals surface area contributed by atoms with E-state index in [0.717, 1.165) is 38.4 Å². The van der Waals surface area contributed by atoms with Crippen LogP contribution in [0.5, 0.6) is 0 Å². The van der Waals surface area contributed by atoms with Crippen molar-refractivity contribution >= 4 is 15.9 Å². The Morgan fingerprint density at radius 3 is 2.58 bits per heavy atom. The van der Waals surface area contributed by atoms with Gasteiger partial charge in [-0.3, -0.25) is 9.69 Å². The minimum atomic E-state index is -3.65. The number of carbonyl (C=O) groups is 1. The molecule has 2 fully saturated rings. The normalized spacial score (nSPS) is 22.4. The van der Waals surface area contributed by atoms with Gasteiger partial charge in [0.25, 0.3) is 0 Å². The standard InChI is InChI=1S/C18H27N3O4S/c1-15-4-6-16(7-5-15)26(23,24)21-9-2-3-17(21)18(22)19-8-10-20-11-13-25-14-12-20/h4-7,17H,2-3,8-14H2,1H3,(H,19,22). The second-order valence-corrected chi connectivity index (χ2v) is 8.72. The number of hydrogen-bond donors (Lipinski definition) is 1. The fourth-order valence-electron chi connectivity index (χ4n) is 3.42. The maximum atomic E-state index is 12.9. The van der Waals surface area contributed by atoms with Crippen molar-refractivity contribution in [2.45, 2.75) is 30.7 Å². The van der Waals surface area contributed by atoms with E-state index in [4.69, 9.17) is 4.74 Å². The van der Waals surface area contributed by atoms with Gasteiger partial charge in [-0.15, -0.1) is 0 Å². The smallest absolute Gasteiger partial charge is 0.243 e. The van der Waals surface area contributed by atoms with Crippen molar-refractivity contribution in [3.05, 3.63) is 29.8 Å². The first-order valence-electron chi connectivity index (χ1n) is 9.15. The molecule has 2 saturated heterocycles. The zero-order chi connectivity index (χ0) is 18.6. The lowest BCUT2D eigenvalue weighted by Crippen LogP contribution is -2.48. The topological polar surface area (TPSA) is 79.0 Å². The summed E-state index contributed by atoms with van der Waals surface area (Å²) in [7, 11) is -3.65. The maximum absolute atomic E-state index is 12.9. The summed E-state index contributed by atoms with van der Waals surface area (Å²) < 4.78 is 32.5. The van der Waals surface area contributed by atoms with Gasteiger partial charge in [0.05, 0.1) is 18.1 Å². The summed E-state index contributed by atoms with van der Waals surface area (Å²) >= 11 is 0. The van der Waals surface area contributed by atoms with Crippen LogP contribution in [0.15, 0.2) is 29.2 Å². The molecule has 1 amide bonds. The summed E-state index contributed by atoms with van der Waals surface area (Å²) in [4.78, 5) is 15.1. The highest BCUT2D eigenvalue weighted by molar-refractivity contribution is 7.89. The van der Waals surface area contributed by atoms with Crippen LogP contribution >= 0.6 is 0 Å². The van der Waals surface area contributed by atoms with Gasteiger partial charge in [0, 0.05) is 32.7 Å². The molecular formula is C18H27N3O4S. The second kappa shape index (κ2) is 8.47. The molecule has 1 N–H and O–H groups in total. The summed E-state index contributed by atoms with van der Waals surface area (Å²) in [6.45, 7) is 6.76. The number of ether oxygens (including phenoxy) is 1. The van der Waals surface area contributed by atoms with E-state index in [0.29, 0.717) is 25.9 Å². The fraction of sp³-hybridized carbons (Fsp3) is 0.611. The molecule has 0 aliphatic carbocycles. The molecule has 0 spiro atoms. The van der Waals surface area contributed by atoms with Crippen molar-refractivity contribution in [2.24, 2.45) is 0 Å². The average Bonchev–Trinajstić information content (AvgIpc) is 3.14. The van der Waals surface area contributed by atoms with Gasteiger partial charge in [-0.1, -0.05) is 17.7 Å². The first-order chi connectivity index (χ1) is 12.5. The van der Waals surface area contributed by atoms with Crippen molar-refractivity contribution in [3.8, 4) is 0 Å². The number of amides is 1. The van der Waals surface area contributed by atoms with Crippen molar-refractivity contribution in [3.63, 3.8) is 0 Å². The van der Waals surface area contributed by atoms with E-state index in [9.17, 15) is 13.2 Å². The lowest BCUT2D eigenvalue weighted by molar-refractivity contribution is -0.124. The molecule has 1 aromatic rings. The Hall–Kier alpha value is -1.48. The largest absolute Gasteiger partial charge is 0.379 e. The van der Waals surface area contributed by atoms with Gasteiger partial charge in [0.2, 0.25) is 15.9 Å². The number of nitrogens with one attached hydrogen (secondary N) is 1. The molecule has 0 saturated carbocycles. The number of rotatable bonds is 6. The van der Waals surface area contributed by atoms with Gasteiger partial charge in [0.1, 0.15) is 6.04 Å². The molecule has 0 aromatic heterocycles. The molecule has 0 bridgehead atoms. The molecule has 1 aromatic carbocycles. The maximum Gasteiger partial charge on any atom is 0.243 e. The Morgan fingerprint density at radius 1 is 1.19 bits per heavy atom. The van der Waals surface area contributed by atoms with Crippen LogP contribution in [0, 0.1) is 6.92 Å². The number of benzene rings is 1. The number of hydrogen-bond acceptors (Lipinski definition) is 5. The minimum absolute atomic E-state index is 0.202. The number of aryl methyl sites for hydroxylation is 1. The highest BCUT2D eigenvalue weighted by atomic mass is 32.2. The van der Waals surface area contributed by atoms with Crippen LogP contribution in [0.3, 0.4) is 0 Å². The molecule has 1 atom stereocenters. The Bertz CT molecular complexity index is 714. The van der Waals surface area contributed by atoms with E-state index >= 15 is 0 Å². The van der Waals surface area contributed by atoms with Crippen LogP contribution in [-0.2, 0) is 19.6 Å². The Balaban J connectivity index is 1.59. The molecule has 3 rings (SSSR count). The van der Waals surface area contributed by atoms with Gasteiger partial charge < -0.3 is 10.1 Å². The molecule has 8 heteroatoms.